The molecule has 0 aliphatic heterocycles. The summed E-state index contributed by atoms with van der Waals surface area (Å²) in [7, 11) is 0. The van der Waals surface area contributed by atoms with E-state index in [-0.39, 0.29) is 0 Å². The highest BCUT2D eigenvalue weighted by atomic mass is 15.2. The van der Waals surface area contributed by atoms with Crippen LogP contribution in [0.2, 0.25) is 0 Å². The van der Waals surface area contributed by atoms with E-state index in [9.17, 15) is 0 Å². The summed E-state index contributed by atoms with van der Waals surface area (Å²) in [5.41, 5.74) is 0.341. The number of hydrogen-bond acceptors (Lipinski definition) is 4. The second kappa shape index (κ2) is 4.05. The largest absolute Gasteiger partial charge is 0.351 e. The van der Waals surface area contributed by atoms with Gasteiger partial charge in [0.05, 0.1) is 11.8 Å². The van der Waals surface area contributed by atoms with Crippen molar-refractivity contribution in [1.29, 1.82) is 5.26 Å². The third kappa shape index (κ3) is 2.70. The lowest BCUT2D eigenvalue weighted by atomic mass is 10.1. The summed E-state index contributed by atoms with van der Waals surface area (Å²) in [5.74, 6) is 0.633. The van der Waals surface area contributed by atoms with Crippen LogP contribution in [0.1, 0.15) is 26.5 Å². The van der Waals surface area contributed by atoms with E-state index in [1.807, 2.05) is 19.1 Å². The van der Waals surface area contributed by atoms with E-state index in [4.69, 9.17) is 5.26 Å². The van der Waals surface area contributed by atoms with Crippen molar-refractivity contribution in [1.82, 2.24) is 10.2 Å². The molecule has 0 amide bonds. The standard InChI is InChI=1S/C10H14N4/c1-4-8-5-6-9(14-13-8)12-10(2,3)7-11/h5-6H,4H2,1-3H3,(H,12,14). The molecule has 1 aromatic rings. The number of nitrogens with zero attached hydrogens (tertiary/aromatic N) is 3. The van der Waals surface area contributed by atoms with Crippen LogP contribution in [0.25, 0.3) is 0 Å². The molecule has 0 fully saturated rings. The number of aromatic nitrogens is 2. The number of anilines is 1. The second-order valence-electron chi connectivity index (χ2n) is 3.63. The van der Waals surface area contributed by atoms with Gasteiger partial charge in [-0.15, -0.1) is 5.10 Å². The van der Waals surface area contributed by atoms with E-state index in [1.54, 1.807) is 13.8 Å². The molecule has 1 heterocycles. The highest BCUT2D eigenvalue weighted by Gasteiger charge is 2.16. The number of rotatable bonds is 3. The molecule has 74 valence electrons. The highest BCUT2D eigenvalue weighted by molar-refractivity contribution is 5.38. The summed E-state index contributed by atoms with van der Waals surface area (Å²) < 4.78 is 0. The SMILES string of the molecule is CCc1ccc(NC(C)(C)C#N)nn1. The Morgan fingerprint density at radius 1 is 1.43 bits per heavy atom. The molecule has 0 aromatic carbocycles. The average Bonchev–Trinajstić information content (AvgIpc) is 2.19. The van der Waals surface area contributed by atoms with Gasteiger partial charge in [0.25, 0.3) is 0 Å². The van der Waals surface area contributed by atoms with Crippen LogP contribution in [0.5, 0.6) is 0 Å². The molecule has 4 nitrogen and oxygen atoms in total. The van der Waals surface area contributed by atoms with Crippen molar-refractivity contribution in [2.45, 2.75) is 32.7 Å². The maximum Gasteiger partial charge on any atom is 0.149 e. The predicted octanol–water partition coefficient (Wildman–Crippen LogP) is 1.75. The van der Waals surface area contributed by atoms with Crippen molar-refractivity contribution in [3.63, 3.8) is 0 Å². The monoisotopic (exact) mass is 190 g/mol. The maximum atomic E-state index is 8.80. The second-order valence-corrected chi connectivity index (χ2v) is 3.63. The Morgan fingerprint density at radius 3 is 2.57 bits per heavy atom. The van der Waals surface area contributed by atoms with Crippen LogP contribution in [-0.2, 0) is 6.42 Å². The number of nitrogens with one attached hydrogen (secondary N) is 1. The number of aryl methyl sites for hydroxylation is 1. The molecule has 0 spiro atoms. The lowest BCUT2D eigenvalue weighted by Gasteiger charge is -2.17. The summed E-state index contributed by atoms with van der Waals surface area (Å²) in [4.78, 5) is 0. The van der Waals surface area contributed by atoms with E-state index in [2.05, 4.69) is 21.6 Å². The Kier molecular flexibility index (Phi) is 3.03. The molecule has 0 saturated carbocycles. The Labute approximate surface area is 84.0 Å². The van der Waals surface area contributed by atoms with Gasteiger partial charge in [0.2, 0.25) is 0 Å². The van der Waals surface area contributed by atoms with Crippen LogP contribution in [0.3, 0.4) is 0 Å². The average molecular weight is 190 g/mol. The summed E-state index contributed by atoms with van der Waals surface area (Å²) in [6.07, 6.45) is 0.870. The zero-order valence-corrected chi connectivity index (χ0v) is 8.70. The van der Waals surface area contributed by atoms with Crippen LogP contribution < -0.4 is 5.32 Å². The van der Waals surface area contributed by atoms with Crippen molar-refractivity contribution in [3.8, 4) is 6.07 Å². The Hall–Kier alpha value is -1.63. The van der Waals surface area contributed by atoms with Gasteiger partial charge >= 0.3 is 0 Å². The Morgan fingerprint density at radius 2 is 2.14 bits per heavy atom. The van der Waals surface area contributed by atoms with Crippen LogP contribution in [0.15, 0.2) is 12.1 Å². The topological polar surface area (TPSA) is 61.6 Å². The summed E-state index contributed by atoms with van der Waals surface area (Å²) in [6, 6.07) is 5.88. The van der Waals surface area contributed by atoms with Gasteiger partial charge in [-0.1, -0.05) is 6.92 Å². The summed E-state index contributed by atoms with van der Waals surface area (Å²) in [6.45, 7) is 5.61. The van der Waals surface area contributed by atoms with Crippen molar-refractivity contribution >= 4 is 5.82 Å². The molecule has 14 heavy (non-hydrogen) atoms. The first-order valence-electron chi connectivity index (χ1n) is 4.59. The first-order chi connectivity index (χ1) is 6.57. The third-order valence-electron chi connectivity index (χ3n) is 1.80. The minimum Gasteiger partial charge on any atom is -0.351 e. The van der Waals surface area contributed by atoms with Gasteiger partial charge in [-0.25, -0.2) is 0 Å². The maximum absolute atomic E-state index is 8.80. The Balaban J connectivity index is 2.75. The quantitative estimate of drug-likeness (QED) is 0.788. The molecular weight excluding hydrogens is 176 g/mol. The van der Waals surface area contributed by atoms with Crippen molar-refractivity contribution < 1.29 is 0 Å². The minimum absolute atomic E-state index is 0.609. The first kappa shape index (κ1) is 10.5. The van der Waals surface area contributed by atoms with E-state index in [1.165, 1.54) is 0 Å². The lowest BCUT2D eigenvalue weighted by molar-refractivity contribution is 0.717. The summed E-state index contributed by atoms with van der Waals surface area (Å²) in [5, 5.41) is 19.7. The van der Waals surface area contributed by atoms with Crippen LogP contribution in [-0.4, -0.2) is 15.7 Å². The smallest absolute Gasteiger partial charge is 0.149 e. The number of nitriles is 1. The van der Waals surface area contributed by atoms with Gasteiger partial charge < -0.3 is 5.32 Å². The van der Waals surface area contributed by atoms with E-state index in [0.717, 1.165) is 12.1 Å². The van der Waals surface area contributed by atoms with Crippen molar-refractivity contribution in [2.24, 2.45) is 0 Å². The molecule has 1 aromatic heterocycles. The van der Waals surface area contributed by atoms with E-state index >= 15 is 0 Å². The van der Waals surface area contributed by atoms with Gasteiger partial charge in [0.1, 0.15) is 11.4 Å². The zero-order chi connectivity index (χ0) is 10.6. The fraction of sp³-hybridized carbons (Fsp3) is 0.500. The molecule has 4 heteroatoms. The summed E-state index contributed by atoms with van der Waals surface area (Å²) >= 11 is 0. The molecule has 1 N–H and O–H groups in total. The predicted molar refractivity (Wildman–Crippen MR) is 54.7 cm³/mol. The fourth-order valence-corrected chi connectivity index (χ4v) is 0.963. The molecule has 0 aliphatic rings. The molecular formula is C10H14N4. The van der Waals surface area contributed by atoms with Crippen molar-refractivity contribution in [3.05, 3.63) is 17.8 Å². The van der Waals surface area contributed by atoms with Gasteiger partial charge in [0, 0.05) is 0 Å². The molecule has 0 radical (unpaired) electrons. The molecule has 0 atom stereocenters. The van der Waals surface area contributed by atoms with Crippen LogP contribution in [0.4, 0.5) is 5.82 Å². The van der Waals surface area contributed by atoms with E-state index < -0.39 is 5.54 Å². The Bertz CT molecular complexity index is 334. The minimum atomic E-state index is -0.609. The first-order valence-corrected chi connectivity index (χ1v) is 4.59. The fourth-order valence-electron chi connectivity index (χ4n) is 0.963. The van der Waals surface area contributed by atoms with Gasteiger partial charge in [-0.2, -0.15) is 10.4 Å². The third-order valence-corrected chi connectivity index (χ3v) is 1.80. The van der Waals surface area contributed by atoms with Crippen LogP contribution in [0, 0.1) is 11.3 Å². The number of hydrogen-bond donors (Lipinski definition) is 1. The van der Waals surface area contributed by atoms with Gasteiger partial charge in [-0.05, 0) is 32.4 Å². The van der Waals surface area contributed by atoms with Crippen LogP contribution >= 0.6 is 0 Å². The van der Waals surface area contributed by atoms with Crippen molar-refractivity contribution in [2.75, 3.05) is 5.32 Å². The zero-order valence-electron chi connectivity index (χ0n) is 8.70. The molecule has 1 rings (SSSR count). The molecule has 0 aliphatic carbocycles. The molecule has 0 bridgehead atoms. The van der Waals surface area contributed by atoms with Gasteiger partial charge in [0.15, 0.2) is 0 Å². The van der Waals surface area contributed by atoms with E-state index in [0.29, 0.717) is 5.82 Å². The van der Waals surface area contributed by atoms with Gasteiger partial charge in [-0.3, -0.25) is 0 Å². The lowest BCUT2D eigenvalue weighted by Crippen LogP contribution is -2.29. The normalized spacial score (nSPS) is 10.7. The molecule has 0 unspecified atom stereocenters. The highest BCUT2D eigenvalue weighted by Crippen LogP contribution is 2.10. The molecule has 0 saturated heterocycles.